The zero-order chi connectivity index (χ0) is 35.6. The second kappa shape index (κ2) is 10.7. The average Bonchev–Trinajstić information content (AvgIpc) is 3.86. The highest BCUT2D eigenvalue weighted by Gasteiger charge is 2.25. The molecule has 0 unspecified atom stereocenters. The van der Waals surface area contributed by atoms with Gasteiger partial charge in [-0.15, -0.1) is 0 Å². The third kappa shape index (κ3) is 4.18. The molecule has 0 aliphatic heterocycles. The number of oxazole rings is 1. The van der Waals surface area contributed by atoms with Crippen molar-refractivity contribution in [3.05, 3.63) is 137 Å². The van der Waals surface area contributed by atoms with Crippen LogP contribution in [0, 0.1) is 27.7 Å². The third-order valence-corrected chi connectivity index (χ3v) is 11.0. The van der Waals surface area contributed by atoms with Crippen molar-refractivity contribution < 1.29 is 4.42 Å². The second-order valence-corrected chi connectivity index (χ2v) is 15.4. The summed E-state index contributed by atoms with van der Waals surface area (Å²) in [6.07, 6.45) is 0. The number of aromatic nitrogens is 5. The maximum absolute atomic E-state index is 6.66. The van der Waals surface area contributed by atoms with E-state index in [1.165, 1.54) is 27.8 Å². The summed E-state index contributed by atoms with van der Waals surface area (Å²) < 4.78 is 13.4. The minimum Gasteiger partial charge on any atom is -0.422 e. The second-order valence-electron chi connectivity index (χ2n) is 15.4. The van der Waals surface area contributed by atoms with Gasteiger partial charge < -0.3 is 4.42 Å². The molecule has 6 nitrogen and oxygen atoms in total. The Morgan fingerprint density at radius 1 is 0.538 bits per heavy atom. The number of benzene rings is 6. The van der Waals surface area contributed by atoms with E-state index in [1.807, 2.05) is 0 Å². The van der Waals surface area contributed by atoms with Gasteiger partial charge >= 0.3 is 5.84 Å². The van der Waals surface area contributed by atoms with Gasteiger partial charge in [0.05, 0.1) is 38.6 Å². The lowest BCUT2D eigenvalue weighted by atomic mass is 9.80. The van der Waals surface area contributed by atoms with Gasteiger partial charge in [-0.1, -0.05) is 87.5 Å². The van der Waals surface area contributed by atoms with Crippen LogP contribution < -0.4 is 0 Å². The molecule has 10 aromatic rings. The molecule has 10 rings (SSSR count). The Hall–Kier alpha value is -6.14. The van der Waals surface area contributed by atoms with Gasteiger partial charge in [0, 0.05) is 11.3 Å². The van der Waals surface area contributed by atoms with E-state index >= 15 is 0 Å². The summed E-state index contributed by atoms with van der Waals surface area (Å²) >= 11 is 0. The summed E-state index contributed by atoms with van der Waals surface area (Å²) in [5, 5.41) is 0. The van der Waals surface area contributed by atoms with E-state index in [-0.39, 0.29) is 5.41 Å². The highest BCUT2D eigenvalue weighted by atomic mass is 16.4. The van der Waals surface area contributed by atoms with Crippen LogP contribution in [-0.4, -0.2) is 23.3 Å². The molecule has 0 N–H and O–H groups in total. The first-order valence-electron chi connectivity index (χ1n) is 18.0. The smallest absolute Gasteiger partial charge is 0.307 e. The van der Waals surface area contributed by atoms with E-state index in [9.17, 15) is 0 Å². The summed E-state index contributed by atoms with van der Waals surface area (Å²) in [6, 6.07) is 39.4. The molecule has 0 saturated heterocycles. The van der Waals surface area contributed by atoms with E-state index in [0.29, 0.717) is 5.84 Å². The monoisotopic (exact) mass is 677 g/mol. The molecule has 0 saturated carbocycles. The van der Waals surface area contributed by atoms with Crippen molar-refractivity contribution in [1.82, 2.24) is 23.3 Å². The Kier molecular flexibility index (Phi) is 6.30. The Bertz CT molecular complexity index is 3100. The molecule has 0 aliphatic carbocycles. The van der Waals surface area contributed by atoms with Gasteiger partial charge in [0.25, 0.3) is 0 Å². The lowest BCUT2D eigenvalue weighted by Crippen LogP contribution is -2.13. The Labute approximate surface area is 301 Å². The first-order chi connectivity index (χ1) is 25.1. The molecule has 0 amide bonds. The fourth-order valence-corrected chi connectivity index (χ4v) is 8.46. The van der Waals surface area contributed by atoms with Crippen molar-refractivity contribution in [1.29, 1.82) is 0 Å². The quantitative estimate of drug-likeness (QED) is 0.187. The lowest BCUT2D eigenvalue weighted by molar-refractivity contribution is 0.592. The van der Waals surface area contributed by atoms with E-state index in [1.54, 1.807) is 0 Å². The van der Waals surface area contributed by atoms with Crippen LogP contribution in [0.25, 0.3) is 83.8 Å². The normalized spacial score (nSPS) is 12.5. The molecule has 6 aromatic carbocycles. The van der Waals surface area contributed by atoms with Crippen molar-refractivity contribution in [2.24, 2.45) is 0 Å². The van der Waals surface area contributed by atoms with Crippen LogP contribution in [0.15, 0.2) is 114 Å². The van der Waals surface area contributed by atoms with Crippen LogP contribution >= 0.6 is 0 Å². The van der Waals surface area contributed by atoms with Crippen molar-refractivity contribution >= 4 is 55.8 Å². The Balaban J connectivity index is 1.22. The number of rotatable bonds is 3. The van der Waals surface area contributed by atoms with Crippen molar-refractivity contribution in [3.8, 4) is 27.9 Å². The fourth-order valence-electron chi connectivity index (χ4n) is 8.46. The van der Waals surface area contributed by atoms with Crippen LogP contribution in [0.4, 0.5) is 0 Å². The molecule has 4 aromatic heterocycles. The van der Waals surface area contributed by atoms with Gasteiger partial charge in [-0.3, -0.25) is 13.4 Å². The zero-order valence-corrected chi connectivity index (χ0v) is 30.5. The summed E-state index contributed by atoms with van der Waals surface area (Å²) in [5.74, 6) is 1.54. The minimum atomic E-state index is -0.0924. The van der Waals surface area contributed by atoms with Gasteiger partial charge in [0.1, 0.15) is 0 Å². The van der Waals surface area contributed by atoms with Gasteiger partial charge in [0.15, 0.2) is 5.58 Å². The van der Waals surface area contributed by atoms with E-state index in [2.05, 4.69) is 171 Å². The number of hydrogen-bond acceptors (Lipinski definition) is 3. The number of para-hydroxylation sites is 4. The van der Waals surface area contributed by atoms with Crippen LogP contribution in [0.3, 0.4) is 0 Å². The van der Waals surface area contributed by atoms with E-state index in [4.69, 9.17) is 14.4 Å². The first kappa shape index (κ1) is 30.7. The zero-order valence-electron chi connectivity index (χ0n) is 30.5. The molecule has 0 bridgehead atoms. The first-order valence-corrected chi connectivity index (χ1v) is 18.0. The number of fused-ring (bicyclic) bond motifs is 10. The third-order valence-electron chi connectivity index (χ3n) is 11.0. The fraction of sp³-hybridized carbons (Fsp3) is 0.174. The van der Waals surface area contributed by atoms with Crippen LogP contribution in [0.2, 0.25) is 0 Å². The molecule has 0 spiro atoms. The van der Waals surface area contributed by atoms with Gasteiger partial charge in [-0.05, 0) is 120 Å². The number of hydrogen-bond donors (Lipinski definition) is 0. The SMILES string of the molecule is Cc1ccc2c(oc3nc4c(C)cccc4n32)c1-c1cccc(-c2cc(-n3c4ccccc4n4c5cccc(C)c5nc34)ccc2C(C)(C)C)c1C. The maximum atomic E-state index is 6.66. The molecule has 52 heavy (non-hydrogen) atoms. The maximum Gasteiger partial charge on any atom is 0.307 e. The molecule has 254 valence electrons. The molecule has 0 radical (unpaired) electrons. The van der Waals surface area contributed by atoms with Crippen molar-refractivity contribution in [2.75, 3.05) is 0 Å². The van der Waals surface area contributed by atoms with Crippen molar-refractivity contribution in [3.63, 3.8) is 0 Å². The molecule has 0 aliphatic rings. The minimum absolute atomic E-state index is 0.0924. The predicted molar refractivity (Wildman–Crippen MR) is 214 cm³/mol. The summed E-state index contributed by atoms with van der Waals surface area (Å²) in [4.78, 5) is 10.2. The molecular formula is C46H39N5O. The summed E-state index contributed by atoms with van der Waals surface area (Å²) in [7, 11) is 0. The lowest BCUT2D eigenvalue weighted by Gasteiger charge is -2.25. The van der Waals surface area contributed by atoms with Gasteiger partial charge in [-0.2, -0.15) is 4.98 Å². The van der Waals surface area contributed by atoms with Crippen LogP contribution in [-0.2, 0) is 5.41 Å². The van der Waals surface area contributed by atoms with Crippen LogP contribution in [0.5, 0.6) is 0 Å². The van der Waals surface area contributed by atoms with Crippen LogP contribution in [0.1, 0.15) is 48.6 Å². The number of nitrogens with zero attached hydrogens (tertiary/aromatic N) is 5. The number of imidazole rings is 3. The Morgan fingerprint density at radius 2 is 1.19 bits per heavy atom. The molecule has 6 heteroatoms. The highest BCUT2D eigenvalue weighted by molar-refractivity contribution is 5.99. The highest BCUT2D eigenvalue weighted by Crippen LogP contribution is 2.43. The molecule has 0 fully saturated rings. The van der Waals surface area contributed by atoms with Gasteiger partial charge in [-0.25, -0.2) is 4.98 Å². The van der Waals surface area contributed by atoms with Crippen molar-refractivity contribution in [2.45, 2.75) is 53.9 Å². The number of aryl methyl sites for hydroxylation is 3. The molecular weight excluding hydrogens is 639 g/mol. The average molecular weight is 678 g/mol. The van der Waals surface area contributed by atoms with E-state index in [0.717, 1.165) is 77.9 Å². The molecule has 4 heterocycles. The van der Waals surface area contributed by atoms with E-state index < -0.39 is 0 Å². The largest absolute Gasteiger partial charge is 0.422 e. The topological polar surface area (TPSA) is 52.7 Å². The molecule has 0 atom stereocenters. The standard InChI is InChI=1S/C46H39N5O/c1-26-21-24-39-43(52-45-48-42-28(3)14-11-20-38(42)51(39)45)40(26)32-16-12-15-31(29(32)4)33-25-30(22-23-34(33)46(5,6)7)49-35-17-8-9-18-36(35)50-37-19-10-13-27(2)41(37)47-44(49)50/h8-25H,1-7H3. The predicted octanol–water partition coefficient (Wildman–Crippen LogP) is 11.8. The summed E-state index contributed by atoms with van der Waals surface area (Å²) in [5.41, 5.74) is 20.0. The van der Waals surface area contributed by atoms with Gasteiger partial charge in [0.2, 0.25) is 5.78 Å². The Morgan fingerprint density at radius 3 is 1.94 bits per heavy atom. The summed E-state index contributed by atoms with van der Waals surface area (Å²) in [6.45, 7) is 15.6.